The van der Waals surface area contributed by atoms with Gasteiger partial charge in [-0.3, -0.25) is 19.5 Å². The molecule has 2 aromatic carbocycles. The third-order valence-corrected chi connectivity index (χ3v) is 5.60. The number of anilines is 1. The summed E-state index contributed by atoms with van der Waals surface area (Å²) in [5.74, 6) is 0.510. The highest BCUT2D eigenvalue weighted by Crippen LogP contribution is 2.27. The third kappa shape index (κ3) is 3.95. The molecule has 6 heteroatoms. The number of hydrogen-bond donors (Lipinski definition) is 1. The Hall–Kier alpha value is -3.15. The lowest BCUT2D eigenvalue weighted by Crippen LogP contribution is -2.45. The van der Waals surface area contributed by atoms with Crippen molar-refractivity contribution < 1.29 is 9.59 Å². The number of carbonyl (C=O) groups is 2. The molecule has 1 aliphatic rings. The molecule has 3 aromatic rings. The number of fused-ring (bicyclic) bond motifs is 1. The van der Waals surface area contributed by atoms with Gasteiger partial charge in [-0.25, -0.2) is 4.98 Å². The van der Waals surface area contributed by atoms with Gasteiger partial charge in [0.25, 0.3) is 0 Å². The number of rotatable bonds is 3. The first-order chi connectivity index (χ1) is 14.3. The highest BCUT2D eigenvalue weighted by molar-refractivity contribution is 5.94. The van der Waals surface area contributed by atoms with Crippen molar-refractivity contribution in [3.8, 4) is 5.69 Å². The van der Waals surface area contributed by atoms with E-state index in [2.05, 4.69) is 10.3 Å². The predicted molar refractivity (Wildman–Crippen MR) is 118 cm³/mol. The maximum Gasteiger partial charge on any atom is 0.229 e. The molecule has 1 aliphatic heterocycles. The molecule has 0 unspecified atom stereocenters. The summed E-state index contributed by atoms with van der Waals surface area (Å²) in [6, 6.07) is 17.8. The van der Waals surface area contributed by atoms with Crippen molar-refractivity contribution in [2.45, 2.75) is 33.6 Å². The fraction of sp³-hybridized carbons (Fsp3) is 0.375. The Balaban J connectivity index is 1.53. The number of aromatic nitrogens is 2. The van der Waals surface area contributed by atoms with Crippen LogP contribution >= 0.6 is 0 Å². The number of likely N-dealkylation sites (tertiary alicyclic amines) is 1. The van der Waals surface area contributed by atoms with Gasteiger partial charge in [0.2, 0.25) is 17.8 Å². The second-order valence-electron chi connectivity index (χ2n) is 8.90. The fourth-order valence-electron chi connectivity index (χ4n) is 3.98. The van der Waals surface area contributed by atoms with Crippen molar-refractivity contribution in [2.75, 3.05) is 18.4 Å². The van der Waals surface area contributed by atoms with Gasteiger partial charge in [-0.15, -0.1) is 0 Å². The van der Waals surface area contributed by atoms with Gasteiger partial charge in [-0.05, 0) is 37.1 Å². The first-order valence-corrected chi connectivity index (χ1v) is 10.5. The zero-order valence-electron chi connectivity index (χ0n) is 17.8. The molecule has 0 saturated carbocycles. The van der Waals surface area contributed by atoms with Crippen LogP contribution in [0.1, 0.15) is 33.6 Å². The normalized spacial score (nSPS) is 15.4. The molecule has 0 aliphatic carbocycles. The van der Waals surface area contributed by atoms with Gasteiger partial charge in [0, 0.05) is 30.1 Å². The number of hydrogen-bond acceptors (Lipinski definition) is 3. The standard InChI is InChI=1S/C24H28N4O2/c1-24(2,3)22(30)27-15-13-17(14-16-27)21(29)26-23-25-19-11-7-8-12-20(19)28(23)18-9-5-4-6-10-18/h4-12,17H,13-16H2,1-3H3,(H,25,26,29). The first-order valence-electron chi connectivity index (χ1n) is 10.5. The Morgan fingerprint density at radius 1 is 0.967 bits per heavy atom. The van der Waals surface area contributed by atoms with E-state index in [0.29, 0.717) is 31.9 Å². The molecular weight excluding hydrogens is 376 g/mol. The molecular formula is C24H28N4O2. The maximum absolute atomic E-state index is 13.0. The van der Waals surface area contributed by atoms with Crippen molar-refractivity contribution in [2.24, 2.45) is 11.3 Å². The van der Waals surface area contributed by atoms with Crippen LogP contribution in [0.2, 0.25) is 0 Å². The second kappa shape index (κ2) is 7.94. The van der Waals surface area contributed by atoms with Gasteiger partial charge in [0.15, 0.2) is 0 Å². The van der Waals surface area contributed by atoms with Crippen LogP contribution in [0.25, 0.3) is 16.7 Å². The quantitative estimate of drug-likeness (QED) is 0.710. The molecule has 0 atom stereocenters. The van der Waals surface area contributed by atoms with E-state index in [4.69, 9.17) is 0 Å². The third-order valence-electron chi connectivity index (χ3n) is 5.60. The van der Waals surface area contributed by atoms with Gasteiger partial charge in [-0.2, -0.15) is 0 Å². The second-order valence-corrected chi connectivity index (χ2v) is 8.90. The molecule has 2 amide bonds. The van der Waals surface area contributed by atoms with E-state index in [-0.39, 0.29) is 17.7 Å². The van der Waals surface area contributed by atoms with Crippen molar-refractivity contribution in [3.05, 3.63) is 54.6 Å². The molecule has 1 aromatic heterocycles. The summed E-state index contributed by atoms with van der Waals surface area (Å²) in [4.78, 5) is 32.1. The van der Waals surface area contributed by atoms with Crippen LogP contribution < -0.4 is 5.32 Å². The minimum Gasteiger partial charge on any atom is -0.342 e. The largest absolute Gasteiger partial charge is 0.342 e. The summed E-state index contributed by atoms with van der Waals surface area (Å²) in [6.07, 6.45) is 1.33. The summed E-state index contributed by atoms with van der Waals surface area (Å²) < 4.78 is 1.98. The molecule has 6 nitrogen and oxygen atoms in total. The number of imidazole rings is 1. The minimum atomic E-state index is -0.393. The topological polar surface area (TPSA) is 67.2 Å². The molecule has 156 valence electrons. The van der Waals surface area contributed by atoms with E-state index in [1.807, 2.05) is 84.8 Å². The van der Waals surface area contributed by atoms with Crippen molar-refractivity contribution in [3.63, 3.8) is 0 Å². The van der Waals surface area contributed by atoms with Gasteiger partial charge in [0.05, 0.1) is 11.0 Å². The first kappa shape index (κ1) is 20.1. The van der Waals surface area contributed by atoms with Gasteiger partial charge >= 0.3 is 0 Å². The zero-order chi connectivity index (χ0) is 21.3. The molecule has 1 fully saturated rings. The number of piperidine rings is 1. The minimum absolute atomic E-state index is 0.0367. The Kier molecular flexibility index (Phi) is 5.33. The molecule has 1 N–H and O–H groups in total. The van der Waals surface area contributed by atoms with Gasteiger partial charge in [-0.1, -0.05) is 51.1 Å². The van der Waals surface area contributed by atoms with E-state index in [9.17, 15) is 9.59 Å². The lowest BCUT2D eigenvalue weighted by Gasteiger charge is -2.35. The van der Waals surface area contributed by atoms with Crippen LogP contribution in [-0.2, 0) is 9.59 Å². The summed E-state index contributed by atoms with van der Waals surface area (Å²) in [5.41, 5.74) is 2.34. The molecule has 0 radical (unpaired) electrons. The number of nitrogens with zero attached hydrogens (tertiary/aromatic N) is 3. The van der Waals surface area contributed by atoms with Crippen LogP contribution in [0, 0.1) is 11.3 Å². The molecule has 30 heavy (non-hydrogen) atoms. The Bertz CT molecular complexity index is 1060. The van der Waals surface area contributed by atoms with E-state index < -0.39 is 5.41 Å². The number of carbonyl (C=O) groups excluding carboxylic acids is 2. The highest BCUT2D eigenvalue weighted by Gasteiger charge is 2.32. The number of benzene rings is 2. The van der Waals surface area contributed by atoms with Crippen LogP contribution in [-0.4, -0.2) is 39.4 Å². The van der Waals surface area contributed by atoms with Crippen molar-refractivity contribution in [1.29, 1.82) is 0 Å². The smallest absolute Gasteiger partial charge is 0.229 e. The fourth-order valence-corrected chi connectivity index (χ4v) is 3.98. The van der Waals surface area contributed by atoms with E-state index in [1.165, 1.54) is 0 Å². The van der Waals surface area contributed by atoms with Crippen LogP contribution in [0.4, 0.5) is 5.95 Å². The molecule has 1 saturated heterocycles. The van der Waals surface area contributed by atoms with Crippen LogP contribution in [0.3, 0.4) is 0 Å². The number of para-hydroxylation sites is 3. The van der Waals surface area contributed by atoms with Crippen molar-refractivity contribution >= 4 is 28.8 Å². The molecule has 4 rings (SSSR count). The zero-order valence-corrected chi connectivity index (χ0v) is 17.8. The SMILES string of the molecule is CC(C)(C)C(=O)N1CCC(C(=O)Nc2nc3ccccc3n2-c2ccccc2)CC1. The van der Waals surface area contributed by atoms with E-state index in [0.717, 1.165) is 16.7 Å². The lowest BCUT2D eigenvalue weighted by molar-refractivity contribution is -0.142. The monoisotopic (exact) mass is 404 g/mol. The Morgan fingerprint density at radius 2 is 1.60 bits per heavy atom. The molecule has 2 heterocycles. The molecule has 0 spiro atoms. The van der Waals surface area contributed by atoms with Gasteiger partial charge < -0.3 is 4.90 Å². The Labute approximate surface area is 176 Å². The average Bonchev–Trinajstić information content (AvgIpc) is 3.11. The highest BCUT2D eigenvalue weighted by atomic mass is 16.2. The summed E-state index contributed by atoms with van der Waals surface area (Å²) in [7, 11) is 0. The maximum atomic E-state index is 13.0. The molecule has 0 bridgehead atoms. The van der Waals surface area contributed by atoms with Crippen LogP contribution in [0.5, 0.6) is 0 Å². The Morgan fingerprint density at radius 3 is 2.27 bits per heavy atom. The summed E-state index contributed by atoms with van der Waals surface area (Å²) in [6.45, 7) is 7.03. The van der Waals surface area contributed by atoms with E-state index in [1.54, 1.807) is 0 Å². The number of nitrogens with one attached hydrogen (secondary N) is 1. The van der Waals surface area contributed by atoms with Gasteiger partial charge in [0.1, 0.15) is 0 Å². The van der Waals surface area contributed by atoms with E-state index >= 15 is 0 Å². The average molecular weight is 405 g/mol. The summed E-state index contributed by atoms with van der Waals surface area (Å²) >= 11 is 0. The summed E-state index contributed by atoms with van der Waals surface area (Å²) in [5, 5.41) is 3.05. The lowest BCUT2D eigenvalue weighted by atomic mass is 9.91. The predicted octanol–water partition coefficient (Wildman–Crippen LogP) is 4.25. The number of amides is 2. The van der Waals surface area contributed by atoms with Crippen LogP contribution in [0.15, 0.2) is 54.6 Å². The van der Waals surface area contributed by atoms with Crippen molar-refractivity contribution in [1.82, 2.24) is 14.5 Å².